The van der Waals surface area contributed by atoms with Crippen molar-refractivity contribution in [1.82, 2.24) is 0 Å². The Morgan fingerprint density at radius 1 is 1.29 bits per heavy atom. The van der Waals surface area contributed by atoms with E-state index in [1.54, 1.807) is 25.1 Å². The summed E-state index contributed by atoms with van der Waals surface area (Å²) in [6.45, 7) is 1.39. The maximum absolute atomic E-state index is 12.8. The highest BCUT2D eigenvalue weighted by Crippen LogP contribution is 2.36. The molecule has 1 unspecified atom stereocenters. The number of halogens is 1. The number of nitrogens with one attached hydrogen (secondary N) is 2. The second-order valence-electron chi connectivity index (χ2n) is 5.22. The first-order chi connectivity index (χ1) is 11.5. The summed E-state index contributed by atoms with van der Waals surface area (Å²) in [6, 6.07) is 10.4. The van der Waals surface area contributed by atoms with Crippen LogP contribution in [0.1, 0.15) is 6.92 Å². The molecule has 6 nitrogen and oxygen atoms in total. The number of fused-ring (bicyclic) bond motifs is 1. The Labute approximate surface area is 137 Å². The van der Waals surface area contributed by atoms with Gasteiger partial charge in [-0.1, -0.05) is 6.07 Å². The lowest BCUT2D eigenvalue weighted by atomic mass is 10.2. The molecule has 2 aromatic rings. The number of carbonyl (C=O) groups is 2. The molecule has 1 heterocycles. The Balaban J connectivity index is 1.66. The zero-order chi connectivity index (χ0) is 17.1. The van der Waals surface area contributed by atoms with Crippen molar-refractivity contribution in [2.75, 3.05) is 17.2 Å². The Morgan fingerprint density at radius 3 is 2.79 bits per heavy atom. The van der Waals surface area contributed by atoms with E-state index in [0.717, 1.165) is 0 Å². The van der Waals surface area contributed by atoms with Gasteiger partial charge in [-0.2, -0.15) is 0 Å². The molecule has 124 valence electrons. The lowest BCUT2D eigenvalue weighted by Crippen LogP contribution is -2.35. The highest BCUT2D eigenvalue weighted by molar-refractivity contribution is 6.04. The van der Waals surface area contributed by atoms with Crippen LogP contribution in [0.3, 0.4) is 0 Å². The molecule has 0 bridgehead atoms. The lowest BCUT2D eigenvalue weighted by Gasteiger charge is -2.25. The van der Waals surface area contributed by atoms with Gasteiger partial charge in [0, 0.05) is 0 Å². The fraction of sp³-hybridized carbons (Fsp3) is 0.176. The monoisotopic (exact) mass is 330 g/mol. The molecule has 0 aliphatic carbocycles. The van der Waals surface area contributed by atoms with Crippen LogP contribution in [0.4, 0.5) is 15.8 Å². The minimum atomic E-state index is -0.592. The van der Waals surface area contributed by atoms with Crippen molar-refractivity contribution in [1.29, 1.82) is 0 Å². The van der Waals surface area contributed by atoms with E-state index in [9.17, 15) is 14.0 Å². The molecule has 0 radical (unpaired) electrons. The second kappa shape index (κ2) is 6.57. The molecule has 0 fully saturated rings. The van der Waals surface area contributed by atoms with E-state index in [1.807, 2.05) is 0 Å². The maximum atomic E-state index is 12.8. The summed E-state index contributed by atoms with van der Waals surface area (Å²) in [7, 11) is 0. The van der Waals surface area contributed by atoms with Crippen molar-refractivity contribution in [3.63, 3.8) is 0 Å². The number of benzene rings is 2. The quantitative estimate of drug-likeness (QED) is 0.903. The highest BCUT2D eigenvalue weighted by atomic mass is 19.1. The molecular weight excluding hydrogens is 315 g/mol. The van der Waals surface area contributed by atoms with Crippen LogP contribution in [0, 0.1) is 5.82 Å². The molecule has 1 aliphatic heterocycles. The lowest BCUT2D eigenvalue weighted by molar-refractivity contribution is -0.122. The summed E-state index contributed by atoms with van der Waals surface area (Å²) in [6.07, 6.45) is -0.592. The summed E-state index contributed by atoms with van der Waals surface area (Å²) in [4.78, 5) is 23.7. The van der Waals surface area contributed by atoms with Gasteiger partial charge in [-0.3, -0.25) is 9.59 Å². The molecule has 3 rings (SSSR count). The van der Waals surface area contributed by atoms with E-state index in [-0.39, 0.29) is 18.3 Å². The van der Waals surface area contributed by atoms with Gasteiger partial charge in [0.2, 0.25) is 0 Å². The van der Waals surface area contributed by atoms with E-state index in [2.05, 4.69) is 10.6 Å². The van der Waals surface area contributed by atoms with Crippen LogP contribution in [0.15, 0.2) is 42.5 Å². The Hall–Kier alpha value is -3.09. The molecule has 7 heteroatoms. The molecule has 24 heavy (non-hydrogen) atoms. The maximum Gasteiger partial charge on any atom is 0.265 e. The van der Waals surface area contributed by atoms with E-state index in [0.29, 0.717) is 22.9 Å². The smallest absolute Gasteiger partial charge is 0.265 e. The average molecular weight is 330 g/mol. The van der Waals surface area contributed by atoms with Gasteiger partial charge in [0.05, 0.1) is 5.69 Å². The third-order valence-corrected chi connectivity index (χ3v) is 3.41. The predicted molar refractivity (Wildman–Crippen MR) is 85.7 cm³/mol. The Bertz CT molecular complexity index is 777. The van der Waals surface area contributed by atoms with Gasteiger partial charge in [0.15, 0.2) is 12.7 Å². The zero-order valence-corrected chi connectivity index (χ0v) is 12.8. The van der Waals surface area contributed by atoms with Crippen molar-refractivity contribution in [3.05, 3.63) is 48.3 Å². The van der Waals surface area contributed by atoms with Crippen molar-refractivity contribution in [2.24, 2.45) is 0 Å². The van der Waals surface area contributed by atoms with Crippen molar-refractivity contribution < 1.29 is 23.5 Å². The second-order valence-corrected chi connectivity index (χ2v) is 5.22. The largest absolute Gasteiger partial charge is 0.484 e. The highest BCUT2D eigenvalue weighted by Gasteiger charge is 2.25. The Kier molecular flexibility index (Phi) is 4.33. The number of anilines is 2. The van der Waals surface area contributed by atoms with Crippen molar-refractivity contribution >= 4 is 23.2 Å². The van der Waals surface area contributed by atoms with Gasteiger partial charge in [-0.25, -0.2) is 4.39 Å². The average Bonchev–Trinajstić information content (AvgIpc) is 2.56. The van der Waals surface area contributed by atoms with Crippen LogP contribution in [-0.2, 0) is 9.59 Å². The van der Waals surface area contributed by atoms with Gasteiger partial charge in [-0.05, 0) is 43.3 Å². The number of rotatable bonds is 4. The van der Waals surface area contributed by atoms with E-state index < -0.39 is 12.0 Å². The summed E-state index contributed by atoms with van der Waals surface area (Å²) in [5.41, 5.74) is 0.830. The van der Waals surface area contributed by atoms with Crippen molar-refractivity contribution in [2.45, 2.75) is 13.0 Å². The van der Waals surface area contributed by atoms with Crippen LogP contribution in [0.2, 0.25) is 0 Å². The molecule has 0 aromatic heterocycles. The summed E-state index contributed by atoms with van der Waals surface area (Å²) in [5.74, 6) is -0.216. The molecule has 1 atom stereocenters. The molecule has 0 saturated carbocycles. The fourth-order valence-corrected chi connectivity index (χ4v) is 2.20. The molecule has 2 N–H and O–H groups in total. The number of ether oxygens (including phenoxy) is 2. The van der Waals surface area contributed by atoms with Gasteiger partial charge < -0.3 is 20.1 Å². The first-order valence-corrected chi connectivity index (χ1v) is 7.31. The number of hydrogen-bond acceptors (Lipinski definition) is 4. The summed E-state index contributed by atoms with van der Waals surface area (Å²) < 4.78 is 23.6. The van der Waals surface area contributed by atoms with E-state index >= 15 is 0 Å². The topological polar surface area (TPSA) is 76.7 Å². The molecule has 2 amide bonds. The summed E-state index contributed by atoms with van der Waals surface area (Å²) >= 11 is 0. The number of para-hydroxylation sites is 1. The van der Waals surface area contributed by atoms with Crippen LogP contribution >= 0.6 is 0 Å². The van der Waals surface area contributed by atoms with E-state index in [1.165, 1.54) is 24.3 Å². The van der Waals surface area contributed by atoms with Crippen LogP contribution in [0.5, 0.6) is 11.5 Å². The standard InChI is InChI=1S/C17H15FN2O4/c1-10-17(22)20-16-13(3-2-4-14(16)24-10)19-15(21)9-23-12-7-5-11(18)6-8-12/h2-8,10H,9H2,1H3,(H,19,21)(H,20,22). The van der Waals surface area contributed by atoms with Crippen LogP contribution < -0.4 is 20.1 Å². The number of carbonyl (C=O) groups excluding carboxylic acids is 2. The molecule has 0 saturated heterocycles. The van der Waals surface area contributed by atoms with Crippen molar-refractivity contribution in [3.8, 4) is 11.5 Å². The number of amides is 2. The molecule has 1 aliphatic rings. The zero-order valence-electron chi connectivity index (χ0n) is 12.8. The fourth-order valence-electron chi connectivity index (χ4n) is 2.20. The predicted octanol–water partition coefficient (Wildman–Crippen LogP) is 2.56. The minimum Gasteiger partial charge on any atom is -0.484 e. The van der Waals surface area contributed by atoms with Gasteiger partial charge >= 0.3 is 0 Å². The Morgan fingerprint density at radius 2 is 2.04 bits per heavy atom. The molecular formula is C17H15FN2O4. The molecule has 0 spiro atoms. The first-order valence-electron chi connectivity index (χ1n) is 7.31. The SMILES string of the molecule is CC1Oc2cccc(NC(=O)COc3ccc(F)cc3)c2NC1=O. The third-order valence-electron chi connectivity index (χ3n) is 3.41. The summed E-state index contributed by atoms with van der Waals surface area (Å²) in [5, 5.41) is 5.36. The minimum absolute atomic E-state index is 0.249. The molecule has 2 aromatic carbocycles. The first kappa shape index (κ1) is 15.8. The van der Waals surface area contributed by atoms with Gasteiger partial charge in [0.25, 0.3) is 11.8 Å². The van der Waals surface area contributed by atoms with Gasteiger partial charge in [0.1, 0.15) is 23.0 Å². The third kappa shape index (κ3) is 3.45. The van der Waals surface area contributed by atoms with Crippen LogP contribution in [0.25, 0.3) is 0 Å². The van der Waals surface area contributed by atoms with Crippen LogP contribution in [-0.4, -0.2) is 24.5 Å². The normalized spacial score (nSPS) is 15.8. The van der Waals surface area contributed by atoms with Gasteiger partial charge in [-0.15, -0.1) is 0 Å². The van der Waals surface area contributed by atoms with E-state index in [4.69, 9.17) is 9.47 Å². The number of hydrogen-bond donors (Lipinski definition) is 2.